The van der Waals surface area contributed by atoms with E-state index in [1.807, 2.05) is 0 Å². The van der Waals surface area contributed by atoms with Crippen LogP contribution in [0.4, 0.5) is 0 Å². The Balaban J connectivity index is 3.26. The van der Waals surface area contributed by atoms with E-state index in [4.69, 9.17) is 9.47 Å². The highest BCUT2D eigenvalue weighted by Gasteiger charge is 2.04. The summed E-state index contributed by atoms with van der Waals surface area (Å²) in [5.41, 5.74) is 0. The average molecular weight is 286 g/mol. The van der Waals surface area contributed by atoms with Gasteiger partial charge in [-0.2, -0.15) is 0 Å². The van der Waals surface area contributed by atoms with Gasteiger partial charge in [-0.3, -0.25) is 9.59 Å². The van der Waals surface area contributed by atoms with Gasteiger partial charge in [0, 0.05) is 12.8 Å². The molecular formula is C16H30O4. The topological polar surface area (TPSA) is 52.6 Å². The predicted molar refractivity (Wildman–Crippen MR) is 79.4 cm³/mol. The Labute approximate surface area is 123 Å². The standard InChI is InChI=1S/C16H30O4/c1-3-5-6-7-11-14-20-16(18)13-10-8-9-12-15(17)19-4-2/h3-14H2,1-2H3. The number of esters is 2. The van der Waals surface area contributed by atoms with Crippen LogP contribution in [0.5, 0.6) is 0 Å². The summed E-state index contributed by atoms with van der Waals surface area (Å²) in [7, 11) is 0. The van der Waals surface area contributed by atoms with Crippen LogP contribution in [0.1, 0.15) is 78.1 Å². The molecule has 0 fully saturated rings. The van der Waals surface area contributed by atoms with Gasteiger partial charge in [-0.1, -0.05) is 39.0 Å². The summed E-state index contributed by atoms with van der Waals surface area (Å²) >= 11 is 0. The normalized spacial score (nSPS) is 10.3. The van der Waals surface area contributed by atoms with Crippen molar-refractivity contribution in [2.75, 3.05) is 13.2 Å². The number of ether oxygens (including phenoxy) is 2. The molecule has 0 atom stereocenters. The molecule has 20 heavy (non-hydrogen) atoms. The second-order valence-corrected chi connectivity index (χ2v) is 5.00. The molecule has 0 aromatic carbocycles. The summed E-state index contributed by atoms with van der Waals surface area (Å²) in [5.74, 6) is -0.265. The van der Waals surface area contributed by atoms with Crippen molar-refractivity contribution >= 4 is 11.9 Å². The van der Waals surface area contributed by atoms with Gasteiger partial charge in [0.15, 0.2) is 0 Å². The lowest BCUT2D eigenvalue weighted by Gasteiger charge is -2.05. The summed E-state index contributed by atoms with van der Waals surface area (Å²) in [6.45, 7) is 4.97. The van der Waals surface area contributed by atoms with Crippen molar-refractivity contribution in [1.29, 1.82) is 0 Å². The molecule has 0 radical (unpaired) electrons. The fourth-order valence-electron chi connectivity index (χ4n) is 1.91. The summed E-state index contributed by atoms with van der Waals surface area (Å²) < 4.78 is 9.99. The first-order valence-corrected chi connectivity index (χ1v) is 8.02. The lowest BCUT2D eigenvalue weighted by Crippen LogP contribution is -2.06. The van der Waals surface area contributed by atoms with Gasteiger partial charge in [-0.15, -0.1) is 0 Å². The van der Waals surface area contributed by atoms with E-state index in [1.165, 1.54) is 19.3 Å². The highest BCUT2D eigenvalue weighted by molar-refractivity contribution is 5.69. The molecule has 0 amide bonds. The molecule has 0 saturated carbocycles. The molecule has 118 valence electrons. The zero-order valence-electron chi connectivity index (χ0n) is 13.1. The van der Waals surface area contributed by atoms with Crippen LogP contribution < -0.4 is 0 Å². The van der Waals surface area contributed by atoms with Gasteiger partial charge in [0.25, 0.3) is 0 Å². The van der Waals surface area contributed by atoms with E-state index in [0.717, 1.165) is 32.1 Å². The molecular weight excluding hydrogens is 256 g/mol. The van der Waals surface area contributed by atoms with E-state index >= 15 is 0 Å². The quantitative estimate of drug-likeness (QED) is 0.379. The molecule has 0 aliphatic carbocycles. The van der Waals surface area contributed by atoms with E-state index in [2.05, 4.69) is 6.92 Å². The lowest BCUT2D eigenvalue weighted by molar-refractivity contribution is -0.144. The molecule has 4 heteroatoms. The van der Waals surface area contributed by atoms with E-state index in [1.54, 1.807) is 6.92 Å². The smallest absolute Gasteiger partial charge is 0.305 e. The Morgan fingerprint density at radius 1 is 0.700 bits per heavy atom. The van der Waals surface area contributed by atoms with Crippen LogP contribution in [0, 0.1) is 0 Å². The zero-order valence-corrected chi connectivity index (χ0v) is 13.1. The van der Waals surface area contributed by atoms with Gasteiger partial charge in [0.1, 0.15) is 0 Å². The number of hydrogen-bond acceptors (Lipinski definition) is 4. The van der Waals surface area contributed by atoms with Gasteiger partial charge >= 0.3 is 11.9 Å². The Morgan fingerprint density at radius 2 is 1.25 bits per heavy atom. The molecule has 0 spiro atoms. The zero-order chi connectivity index (χ0) is 15.1. The third-order valence-corrected chi connectivity index (χ3v) is 3.08. The first-order valence-electron chi connectivity index (χ1n) is 8.02. The molecule has 0 bridgehead atoms. The first kappa shape index (κ1) is 18.9. The van der Waals surface area contributed by atoms with E-state index in [0.29, 0.717) is 26.1 Å². The SMILES string of the molecule is CCCCCCCOC(=O)CCCCCC(=O)OCC. The van der Waals surface area contributed by atoms with Crippen LogP contribution in [0.3, 0.4) is 0 Å². The molecule has 0 unspecified atom stereocenters. The summed E-state index contributed by atoms with van der Waals surface area (Å²) in [6.07, 6.45) is 9.15. The fraction of sp³-hybridized carbons (Fsp3) is 0.875. The molecule has 0 heterocycles. The van der Waals surface area contributed by atoms with Crippen molar-refractivity contribution in [2.45, 2.75) is 78.1 Å². The summed E-state index contributed by atoms with van der Waals surface area (Å²) in [5, 5.41) is 0. The van der Waals surface area contributed by atoms with Crippen LogP contribution in [-0.4, -0.2) is 25.2 Å². The van der Waals surface area contributed by atoms with Gasteiger partial charge in [0.2, 0.25) is 0 Å². The van der Waals surface area contributed by atoms with Crippen molar-refractivity contribution in [2.24, 2.45) is 0 Å². The Morgan fingerprint density at radius 3 is 1.85 bits per heavy atom. The molecule has 0 saturated heterocycles. The van der Waals surface area contributed by atoms with Gasteiger partial charge in [-0.05, 0) is 26.2 Å². The molecule has 0 rings (SSSR count). The second kappa shape index (κ2) is 14.4. The second-order valence-electron chi connectivity index (χ2n) is 5.00. The van der Waals surface area contributed by atoms with Gasteiger partial charge in [0.05, 0.1) is 13.2 Å². The molecule has 0 aromatic rings. The molecule has 0 aliphatic heterocycles. The Hall–Kier alpha value is -1.06. The highest BCUT2D eigenvalue weighted by Crippen LogP contribution is 2.06. The minimum atomic E-state index is -0.151. The lowest BCUT2D eigenvalue weighted by atomic mass is 10.1. The molecule has 0 aromatic heterocycles. The summed E-state index contributed by atoms with van der Waals surface area (Å²) in [4.78, 5) is 22.5. The van der Waals surface area contributed by atoms with Crippen LogP contribution in [0.25, 0.3) is 0 Å². The first-order chi connectivity index (χ1) is 9.70. The molecule has 0 N–H and O–H groups in total. The maximum absolute atomic E-state index is 11.4. The van der Waals surface area contributed by atoms with Crippen LogP contribution in [0.15, 0.2) is 0 Å². The van der Waals surface area contributed by atoms with Crippen molar-refractivity contribution in [3.05, 3.63) is 0 Å². The van der Waals surface area contributed by atoms with Crippen LogP contribution in [0.2, 0.25) is 0 Å². The Kier molecular flexibility index (Phi) is 13.6. The van der Waals surface area contributed by atoms with Gasteiger partial charge in [-0.25, -0.2) is 0 Å². The minimum Gasteiger partial charge on any atom is -0.466 e. The van der Waals surface area contributed by atoms with Crippen LogP contribution in [-0.2, 0) is 19.1 Å². The van der Waals surface area contributed by atoms with Gasteiger partial charge < -0.3 is 9.47 Å². The average Bonchev–Trinajstić information content (AvgIpc) is 2.42. The number of rotatable bonds is 13. The Bertz CT molecular complexity index is 251. The number of hydrogen-bond donors (Lipinski definition) is 0. The highest BCUT2D eigenvalue weighted by atomic mass is 16.5. The maximum Gasteiger partial charge on any atom is 0.305 e. The molecule has 0 aliphatic rings. The van der Waals surface area contributed by atoms with Crippen molar-refractivity contribution in [1.82, 2.24) is 0 Å². The molecule has 4 nitrogen and oxygen atoms in total. The van der Waals surface area contributed by atoms with Crippen molar-refractivity contribution in [3.8, 4) is 0 Å². The largest absolute Gasteiger partial charge is 0.466 e. The summed E-state index contributed by atoms with van der Waals surface area (Å²) in [6, 6.07) is 0. The van der Waals surface area contributed by atoms with E-state index in [-0.39, 0.29) is 11.9 Å². The third kappa shape index (κ3) is 13.4. The van der Waals surface area contributed by atoms with Crippen LogP contribution >= 0.6 is 0 Å². The maximum atomic E-state index is 11.4. The third-order valence-electron chi connectivity index (χ3n) is 3.08. The number of carbonyl (C=O) groups excluding carboxylic acids is 2. The van der Waals surface area contributed by atoms with E-state index in [9.17, 15) is 9.59 Å². The number of carbonyl (C=O) groups is 2. The fourth-order valence-corrected chi connectivity index (χ4v) is 1.91. The predicted octanol–water partition coefficient (Wildman–Crippen LogP) is 4.01. The van der Waals surface area contributed by atoms with Crippen molar-refractivity contribution in [3.63, 3.8) is 0 Å². The number of unbranched alkanes of at least 4 members (excludes halogenated alkanes) is 6. The van der Waals surface area contributed by atoms with E-state index < -0.39 is 0 Å². The van der Waals surface area contributed by atoms with Crippen molar-refractivity contribution < 1.29 is 19.1 Å². The minimum absolute atomic E-state index is 0.114. The monoisotopic (exact) mass is 286 g/mol.